The van der Waals surface area contributed by atoms with E-state index in [0.717, 1.165) is 47.4 Å². The zero-order chi connectivity index (χ0) is 18.9. The van der Waals surface area contributed by atoms with Gasteiger partial charge in [0, 0.05) is 5.70 Å². The van der Waals surface area contributed by atoms with E-state index in [-0.39, 0.29) is 5.69 Å². The van der Waals surface area contributed by atoms with Crippen LogP contribution in [0.1, 0.15) is 31.4 Å². The lowest BCUT2D eigenvalue weighted by atomic mass is 10.0. The van der Waals surface area contributed by atoms with Crippen LogP contribution in [0, 0.1) is 0 Å². The molecule has 0 saturated carbocycles. The molecule has 0 N–H and O–H groups in total. The number of fused-ring (bicyclic) bond motifs is 1. The number of hydrogen-bond donors (Lipinski definition) is 0. The predicted octanol–water partition coefficient (Wildman–Crippen LogP) is 3.85. The van der Waals surface area contributed by atoms with Crippen molar-refractivity contribution in [3.05, 3.63) is 83.0 Å². The van der Waals surface area contributed by atoms with Gasteiger partial charge in [-0.3, -0.25) is 9.13 Å². The first-order valence-electron chi connectivity index (χ1n) is 9.67. The molecule has 2 aromatic carbocycles. The van der Waals surface area contributed by atoms with E-state index in [1.165, 1.54) is 6.42 Å². The lowest BCUT2D eigenvalue weighted by Gasteiger charge is -2.13. The molecule has 0 spiro atoms. The molecular formula is C22H21N5O. The minimum Gasteiger partial charge on any atom is -0.285 e. The molecule has 0 saturated heterocycles. The van der Waals surface area contributed by atoms with Crippen molar-refractivity contribution in [1.82, 2.24) is 24.1 Å². The van der Waals surface area contributed by atoms with Crippen LogP contribution in [0.4, 0.5) is 0 Å². The van der Waals surface area contributed by atoms with E-state index >= 15 is 0 Å². The molecule has 1 aliphatic carbocycles. The van der Waals surface area contributed by atoms with Gasteiger partial charge in [-0.1, -0.05) is 41.6 Å². The molecule has 6 nitrogen and oxygen atoms in total. The molecular weight excluding hydrogens is 350 g/mol. The fourth-order valence-electron chi connectivity index (χ4n) is 3.90. The van der Waals surface area contributed by atoms with E-state index in [1.54, 1.807) is 9.25 Å². The Labute approximate surface area is 162 Å². The van der Waals surface area contributed by atoms with Gasteiger partial charge < -0.3 is 0 Å². The number of nitrogens with zero attached hydrogens (tertiary/aromatic N) is 5. The van der Waals surface area contributed by atoms with Crippen molar-refractivity contribution in [2.75, 3.05) is 0 Å². The van der Waals surface area contributed by atoms with Crippen LogP contribution < -0.4 is 5.69 Å². The summed E-state index contributed by atoms with van der Waals surface area (Å²) in [6, 6.07) is 17.8. The SMILES string of the molecule is O=c1n(Cc2cn(-c3ccccc3)nn2)c2ccccc2n1C1=CCCCC1. The van der Waals surface area contributed by atoms with Crippen molar-refractivity contribution in [3.63, 3.8) is 0 Å². The first-order chi connectivity index (χ1) is 13.8. The molecule has 4 aromatic rings. The molecule has 0 radical (unpaired) electrons. The van der Waals surface area contributed by atoms with Gasteiger partial charge >= 0.3 is 5.69 Å². The smallest absolute Gasteiger partial charge is 0.285 e. The third-order valence-corrected chi connectivity index (χ3v) is 5.27. The summed E-state index contributed by atoms with van der Waals surface area (Å²) < 4.78 is 5.41. The molecule has 0 aliphatic heterocycles. The maximum absolute atomic E-state index is 13.3. The van der Waals surface area contributed by atoms with Crippen molar-refractivity contribution in [2.24, 2.45) is 0 Å². The largest absolute Gasteiger partial charge is 0.333 e. The van der Waals surface area contributed by atoms with Gasteiger partial charge in [-0.2, -0.15) is 0 Å². The van der Waals surface area contributed by atoms with Gasteiger partial charge in [-0.25, -0.2) is 9.48 Å². The Morgan fingerprint density at radius 2 is 1.71 bits per heavy atom. The molecule has 0 amide bonds. The Morgan fingerprint density at radius 3 is 2.50 bits per heavy atom. The normalized spacial score (nSPS) is 14.4. The Hall–Kier alpha value is -3.41. The number of allylic oxidation sites excluding steroid dienone is 2. The van der Waals surface area contributed by atoms with Gasteiger partial charge in [0.2, 0.25) is 0 Å². The predicted molar refractivity (Wildman–Crippen MR) is 109 cm³/mol. The fraction of sp³-hybridized carbons (Fsp3) is 0.227. The molecule has 28 heavy (non-hydrogen) atoms. The summed E-state index contributed by atoms with van der Waals surface area (Å²) >= 11 is 0. The van der Waals surface area contributed by atoms with Crippen LogP contribution in [0.2, 0.25) is 0 Å². The average molecular weight is 371 g/mol. The Balaban J connectivity index is 1.57. The van der Waals surface area contributed by atoms with Crippen LogP contribution in [0.3, 0.4) is 0 Å². The second kappa shape index (κ2) is 6.96. The van der Waals surface area contributed by atoms with Gasteiger partial charge in [-0.05, 0) is 49.9 Å². The van der Waals surface area contributed by atoms with Crippen molar-refractivity contribution >= 4 is 16.7 Å². The first-order valence-corrected chi connectivity index (χ1v) is 9.67. The molecule has 0 bridgehead atoms. The molecule has 0 fully saturated rings. The van der Waals surface area contributed by atoms with Gasteiger partial charge in [0.1, 0.15) is 5.69 Å². The van der Waals surface area contributed by atoms with Crippen molar-refractivity contribution in [1.29, 1.82) is 0 Å². The van der Waals surface area contributed by atoms with Crippen molar-refractivity contribution < 1.29 is 0 Å². The number of para-hydroxylation sites is 3. The summed E-state index contributed by atoms with van der Waals surface area (Å²) in [6.45, 7) is 0.395. The monoisotopic (exact) mass is 371 g/mol. The molecule has 5 rings (SSSR count). The van der Waals surface area contributed by atoms with E-state index in [4.69, 9.17) is 0 Å². The summed E-state index contributed by atoms with van der Waals surface area (Å²) in [4.78, 5) is 13.3. The molecule has 0 atom stereocenters. The highest BCUT2D eigenvalue weighted by atomic mass is 16.1. The van der Waals surface area contributed by atoms with Crippen LogP contribution in [0.15, 0.2) is 71.7 Å². The topological polar surface area (TPSA) is 57.6 Å². The molecule has 1 aliphatic rings. The van der Waals surface area contributed by atoms with Gasteiger partial charge in [0.15, 0.2) is 0 Å². The minimum absolute atomic E-state index is 0.0105. The summed E-state index contributed by atoms with van der Waals surface area (Å²) in [6.07, 6.45) is 8.38. The highest BCUT2D eigenvalue weighted by Gasteiger charge is 2.18. The summed E-state index contributed by atoms with van der Waals surface area (Å²) in [7, 11) is 0. The van der Waals surface area contributed by atoms with Crippen LogP contribution in [0.25, 0.3) is 22.4 Å². The van der Waals surface area contributed by atoms with Gasteiger partial charge in [0.25, 0.3) is 0 Å². The Bertz CT molecular complexity index is 1210. The van der Waals surface area contributed by atoms with E-state index in [1.807, 2.05) is 65.4 Å². The van der Waals surface area contributed by atoms with Crippen LogP contribution in [0.5, 0.6) is 0 Å². The van der Waals surface area contributed by atoms with Gasteiger partial charge in [-0.15, -0.1) is 5.10 Å². The summed E-state index contributed by atoms with van der Waals surface area (Å²) in [5, 5.41) is 8.51. The molecule has 6 heteroatoms. The standard InChI is InChI=1S/C22H21N5O/c28-22-25(15-17-16-26(24-23-17)18-9-3-1-4-10-18)20-13-7-8-14-21(20)27(22)19-11-5-2-6-12-19/h1,3-4,7-11,13-14,16H,2,5-6,12,15H2. The van der Waals surface area contributed by atoms with Crippen LogP contribution >= 0.6 is 0 Å². The van der Waals surface area contributed by atoms with Crippen LogP contribution in [-0.4, -0.2) is 24.1 Å². The zero-order valence-corrected chi connectivity index (χ0v) is 15.5. The lowest BCUT2D eigenvalue weighted by Crippen LogP contribution is -2.25. The van der Waals surface area contributed by atoms with E-state index in [0.29, 0.717) is 6.54 Å². The summed E-state index contributed by atoms with van der Waals surface area (Å²) in [5.74, 6) is 0. The average Bonchev–Trinajstić information content (AvgIpc) is 3.33. The highest BCUT2D eigenvalue weighted by Crippen LogP contribution is 2.25. The lowest BCUT2D eigenvalue weighted by molar-refractivity contribution is 0.697. The molecule has 2 aromatic heterocycles. The van der Waals surface area contributed by atoms with Gasteiger partial charge in [0.05, 0.1) is 29.5 Å². The quantitative estimate of drug-likeness (QED) is 0.548. The maximum Gasteiger partial charge on any atom is 0.333 e. The molecule has 2 heterocycles. The fourth-order valence-corrected chi connectivity index (χ4v) is 3.90. The second-order valence-corrected chi connectivity index (χ2v) is 7.12. The van der Waals surface area contributed by atoms with E-state index in [9.17, 15) is 4.79 Å². The number of benzene rings is 2. The van der Waals surface area contributed by atoms with Crippen LogP contribution in [-0.2, 0) is 6.54 Å². The Morgan fingerprint density at radius 1 is 0.929 bits per heavy atom. The first kappa shape index (κ1) is 16.7. The maximum atomic E-state index is 13.3. The Kier molecular flexibility index (Phi) is 4.16. The molecule has 0 unspecified atom stereocenters. The third-order valence-electron chi connectivity index (χ3n) is 5.27. The van der Waals surface area contributed by atoms with Crippen molar-refractivity contribution in [3.8, 4) is 5.69 Å². The number of imidazole rings is 1. The number of hydrogen-bond acceptors (Lipinski definition) is 3. The van der Waals surface area contributed by atoms with Crippen molar-refractivity contribution in [2.45, 2.75) is 32.2 Å². The summed E-state index contributed by atoms with van der Waals surface area (Å²) in [5.41, 5.74) is 4.68. The zero-order valence-electron chi connectivity index (χ0n) is 15.5. The highest BCUT2D eigenvalue weighted by molar-refractivity contribution is 5.80. The van der Waals surface area contributed by atoms with E-state index < -0.39 is 0 Å². The number of aromatic nitrogens is 5. The number of rotatable bonds is 4. The molecule has 140 valence electrons. The minimum atomic E-state index is -0.0105. The second-order valence-electron chi connectivity index (χ2n) is 7.12. The van der Waals surface area contributed by atoms with E-state index in [2.05, 4.69) is 16.4 Å². The third kappa shape index (κ3) is 2.87.